The summed E-state index contributed by atoms with van der Waals surface area (Å²) in [5.41, 5.74) is 0.116. The molecule has 3 aliphatic heterocycles. The van der Waals surface area contributed by atoms with Gasteiger partial charge in [-0.15, -0.1) is 0 Å². The molecule has 0 radical (unpaired) electrons. The lowest BCUT2D eigenvalue weighted by molar-refractivity contribution is -0.139. The highest BCUT2D eigenvalue weighted by molar-refractivity contribution is 6.33. The van der Waals surface area contributed by atoms with E-state index in [1.165, 1.54) is 7.11 Å². The molecule has 1 aromatic rings. The van der Waals surface area contributed by atoms with Crippen LogP contribution in [0.4, 0.5) is 16.3 Å². The standard InChI is InChI=1S/C20H27ClN4O4/c1-28-19(27)23-14-11-16(21)17(22-12-14)24-7-2-5-20(13-24)6-8-25(18(20)26)15-3-9-29-10-4-15/h11-12,15H,2-10,13H2,1H3,(H,23,27)/t20-/m1/s1. The van der Waals surface area contributed by atoms with E-state index in [2.05, 4.69) is 24.8 Å². The molecule has 0 bridgehead atoms. The SMILES string of the molecule is COC(=O)Nc1cnc(N2CCC[C@@]3(CCN(C4CCOCC4)C3=O)C2)c(Cl)c1. The number of likely N-dealkylation sites (tertiary alicyclic amines) is 1. The number of anilines is 2. The lowest BCUT2D eigenvalue weighted by atomic mass is 9.78. The van der Waals surface area contributed by atoms with Crippen molar-refractivity contribution in [2.75, 3.05) is 50.2 Å². The Kier molecular flexibility index (Phi) is 5.83. The Balaban J connectivity index is 1.48. The summed E-state index contributed by atoms with van der Waals surface area (Å²) < 4.78 is 10.1. The fourth-order valence-electron chi connectivity index (χ4n) is 4.78. The smallest absolute Gasteiger partial charge is 0.411 e. The minimum Gasteiger partial charge on any atom is -0.453 e. The predicted molar refractivity (Wildman–Crippen MR) is 109 cm³/mol. The Morgan fingerprint density at radius 2 is 2.14 bits per heavy atom. The molecule has 3 aliphatic rings. The molecule has 0 unspecified atom stereocenters. The van der Waals surface area contributed by atoms with Crippen molar-refractivity contribution in [3.63, 3.8) is 0 Å². The maximum Gasteiger partial charge on any atom is 0.411 e. The third-order valence-corrected chi connectivity index (χ3v) is 6.59. The molecule has 0 aromatic carbocycles. The van der Waals surface area contributed by atoms with Crippen molar-refractivity contribution in [3.8, 4) is 0 Å². The number of aromatic nitrogens is 1. The van der Waals surface area contributed by atoms with Crippen molar-refractivity contribution < 1.29 is 19.1 Å². The second-order valence-corrected chi connectivity index (χ2v) is 8.45. The molecule has 3 fully saturated rings. The van der Waals surface area contributed by atoms with Gasteiger partial charge in [0, 0.05) is 38.9 Å². The predicted octanol–water partition coefficient (Wildman–Crippen LogP) is 2.91. The molecular formula is C20H27ClN4O4. The highest BCUT2D eigenvalue weighted by Crippen LogP contribution is 2.43. The van der Waals surface area contributed by atoms with Gasteiger partial charge in [-0.25, -0.2) is 9.78 Å². The molecule has 9 heteroatoms. The quantitative estimate of drug-likeness (QED) is 0.806. The molecule has 1 aromatic heterocycles. The highest BCUT2D eigenvalue weighted by Gasteiger charge is 2.50. The first-order valence-corrected chi connectivity index (χ1v) is 10.5. The summed E-state index contributed by atoms with van der Waals surface area (Å²) in [5.74, 6) is 0.924. The van der Waals surface area contributed by atoms with E-state index in [0.717, 1.165) is 58.4 Å². The maximum atomic E-state index is 13.4. The van der Waals surface area contributed by atoms with E-state index in [0.29, 0.717) is 29.1 Å². The topological polar surface area (TPSA) is 84.0 Å². The van der Waals surface area contributed by atoms with Gasteiger partial charge < -0.3 is 19.3 Å². The number of hydrogen-bond donors (Lipinski definition) is 1. The Bertz CT molecular complexity index is 786. The van der Waals surface area contributed by atoms with Crippen LogP contribution in [-0.4, -0.2) is 67.9 Å². The summed E-state index contributed by atoms with van der Waals surface area (Å²) in [7, 11) is 1.30. The zero-order chi connectivity index (χ0) is 20.4. The van der Waals surface area contributed by atoms with Crippen molar-refractivity contribution in [2.45, 2.75) is 38.1 Å². The first kappa shape index (κ1) is 20.2. The summed E-state index contributed by atoms with van der Waals surface area (Å²) in [5, 5.41) is 3.01. The van der Waals surface area contributed by atoms with Crippen LogP contribution in [0.25, 0.3) is 0 Å². The van der Waals surface area contributed by atoms with Gasteiger partial charge in [-0.05, 0) is 38.2 Å². The van der Waals surface area contributed by atoms with Crippen molar-refractivity contribution in [2.24, 2.45) is 5.41 Å². The molecule has 8 nitrogen and oxygen atoms in total. The number of nitrogens with zero attached hydrogens (tertiary/aromatic N) is 3. The van der Waals surface area contributed by atoms with Gasteiger partial charge in [0.25, 0.3) is 0 Å². The van der Waals surface area contributed by atoms with Gasteiger partial charge in [0.1, 0.15) is 5.82 Å². The Morgan fingerprint density at radius 3 is 2.86 bits per heavy atom. The number of methoxy groups -OCH3 is 1. The molecule has 158 valence electrons. The second kappa shape index (κ2) is 8.36. The maximum absolute atomic E-state index is 13.4. The average Bonchev–Trinajstić information content (AvgIpc) is 3.04. The normalized spacial score (nSPS) is 25.5. The first-order chi connectivity index (χ1) is 14.0. The minimum atomic E-state index is -0.572. The number of hydrogen-bond acceptors (Lipinski definition) is 6. The van der Waals surface area contributed by atoms with Crippen LogP contribution in [0, 0.1) is 5.41 Å². The van der Waals surface area contributed by atoms with Crippen molar-refractivity contribution in [1.82, 2.24) is 9.88 Å². The first-order valence-electron chi connectivity index (χ1n) is 10.2. The van der Waals surface area contributed by atoms with Crippen LogP contribution in [0.15, 0.2) is 12.3 Å². The van der Waals surface area contributed by atoms with Gasteiger partial charge in [-0.2, -0.15) is 0 Å². The van der Waals surface area contributed by atoms with Crippen molar-refractivity contribution in [1.29, 1.82) is 0 Å². The second-order valence-electron chi connectivity index (χ2n) is 8.04. The van der Waals surface area contributed by atoms with E-state index in [1.54, 1.807) is 12.3 Å². The number of amides is 2. The number of pyridine rings is 1. The number of carbonyl (C=O) groups excluding carboxylic acids is 2. The molecular weight excluding hydrogens is 396 g/mol. The molecule has 1 atom stereocenters. The van der Waals surface area contributed by atoms with Crippen LogP contribution in [-0.2, 0) is 14.3 Å². The lowest BCUT2D eigenvalue weighted by Gasteiger charge is -2.41. The van der Waals surface area contributed by atoms with Crippen molar-refractivity contribution >= 4 is 35.1 Å². The van der Waals surface area contributed by atoms with Crippen LogP contribution >= 0.6 is 11.6 Å². The molecule has 1 spiro atoms. The average molecular weight is 423 g/mol. The van der Waals surface area contributed by atoms with Crippen LogP contribution in [0.5, 0.6) is 0 Å². The molecule has 0 aliphatic carbocycles. The van der Waals surface area contributed by atoms with Gasteiger partial charge in [-0.3, -0.25) is 10.1 Å². The third-order valence-electron chi connectivity index (χ3n) is 6.31. The van der Waals surface area contributed by atoms with Crippen LogP contribution in [0.2, 0.25) is 5.02 Å². The van der Waals surface area contributed by atoms with Crippen LogP contribution in [0.1, 0.15) is 32.1 Å². The molecule has 29 heavy (non-hydrogen) atoms. The largest absolute Gasteiger partial charge is 0.453 e. The lowest BCUT2D eigenvalue weighted by Crippen LogP contribution is -2.50. The number of piperidine rings is 1. The molecule has 4 rings (SSSR count). The number of carbonyl (C=O) groups is 2. The molecule has 3 saturated heterocycles. The van der Waals surface area contributed by atoms with E-state index in [9.17, 15) is 9.59 Å². The van der Waals surface area contributed by atoms with E-state index in [-0.39, 0.29) is 11.3 Å². The van der Waals surface area contributed by atoms with E-state index < -0.39 is 6.09 Å². The summed E-state index contributed by atoms with van der Waals surface area (Å²) >= 11 is 6.47. The zero-order valence-electron chi connectivity index (χ0n) is 16.7. The van der Waals surface area contributed by atoms with E-state index in [1.807, 2.05) is 0 Å². The number of halogens is 1. The fourth-order valence-corrected chi connectivity index (χ4v) is 5.07. The van der Waals surface area contributed by atoms with Crippen LogP contribution < -0.4 is 10.2 Å². The minimum absolute atomic E-state index is 0.272. The Hall–Kier alpha value is -2.06. The van der Waals surface area contributed by atoms with Gasteiger partial charge in [0.15, 0.2) is 0 Å². The fraction of sp³-hybridized carbons (Fsp3) is 0.650. The van der Waals surface area contributed by atoms with E-state index in [4.69, 9.17) is 16.3 Å². The van der Waals surface area contributed by atoms with Gasteiger partial charge >= 0.3 is 6.09 Å². The summed E-state index contributed by atoms with van der Waals surface area (Å²) in [4.78, 5) is 33.4. The van der Waals surface area contributed by atoms with Gasteiger partial charge in [0.2, 0.25) is 5.91 Å². The zero-order valence-corrected chi connectivity index (χ0v) is 17.4. The summed E-state index contributed by atoms with van der Waals surface area (Å²) in [6.07, 6.45) is 5.54. The molecule has 1 N–H and O–H groups in total. The summed E-state index contributed by atoms with van der Waals surface area (Å²) in [6.45, 7) is 3.73. The van der Waals surface area contributed by atoms with Gasteiger partial charge in [0.05, 0.1) is 29.4 Å². The third kappa shape index (κ3) is 4.00. The van der Waals surface area contributed by atoms with Gasteiger partial charge in [-0.1, -0.05) is 11.6 Å². The molecule has 2 amide bonds. The monoisotopic (exact) mass is 422 g/mol. The Labute approximate surface area is 175 Å². The molecule has 0 saturated carbocycles. The summed E-state index contributed by atoms with van der Waals surface area (Å²) in [6, 6.07) is 1.96. The van der Waals surface area contributed by atoms with Crippen molar-refractivity contribution in [3.05, 3.63) is 17.3 Å². The molecule has 4 heterocycles. The van der Waals surface area contributed by atoms with E-state index >= 15 is 0 Å². The Morgan fingerprint density at radius 1 is 1.34 bits per heavy atom. The number of rotatable bonds is 3. The number of nitrogens with one attached hydrogen (secondary N) is 1. The van der Waals surface area contributed by atoms with Crippen LogP contribution in [0.3, 0.4) is 0 Å². The number of ether oxygens (including phenoxy) is 2. The highest BCUT2D eigenvalue weighted by atomic mass is 35.5.